The molecule has 0 saturated carbocycles. The second-order valence-electron chi connectivity index (χ2n) is 4.47. The van der Waals surface area contributed by atoms with E-state index in [2.05, 4.69) is 5.32 Å². The van der Waals surface area contributed by atoms with Gasteiger partial charge in [-0.25, -0.2) is 13.6 Å². The van der Waals surface area contributed by atoms with Crippen LogP contribution in [0.15, 0.2) is 36.4 Å². The van der Waals surface area contributed by atoms with Crippen molar-refractivity contribution in [2.24, 2.45) is 0 Å². The highest BCUT2D eigenvalue weighted by atomic mass is 35.5. The van der Waals surface area contributed by atoms with Crippen molar-refractivity contribution in [3.63, 3.8) is 0 Å². The number of carbonyl (C=O) groups is 2. The second-order valence-corrected chi connectivity index (χ2v) is 4.88. The first-order chi connectivity index (χ1) is 10.4. The van der Waals surface area contributed by atoms with Crippen LogP contribution in [0.1, 0.15) is 15.9 Å². The van der Waals surface area contributed by atoms with E-state index in [1.807, 2.05) is 5.32 Å². The maximum atomic E-state index is 13.4. The first-order valence-corrected chi connectivity index (χ1v) is 6.59. The molecule has 0 atom stereocenters. The normalized spacial score (nSPS) is 10.2. The number of imide groups is 1. The second kappa shape index (κ2) is 6.53. The van der Waals surface area contributed by atoms with E-state index in [0.717, 1.165) is 23.8 Å². The van der Waals surface area contributed by atoms with E-state index < -0.39 is 29.1 Å². The van der Waals surface area contributed by atoms with Crippen LogP contribution < -0.4 is 10.6 Å². The van der Waals surface area contributed by atoms with Gasteiger partial charge in [0.15, 0.2) is 0 Å². The Morgan fingerprint density at radius 2 is 1.73 bits per heavy atom. The number of rotatable bonds is 2. The Morgan fingerprint density at radius 3 is 2.32 bits per heavy atom. The lowest BCUT2D eigenvalue weighted by Gasteiger charge is -2.09. The number of hydrogen-bond donors (Lipinski definition) is 2. The smallest absolute Gasteiger partial charge is 0.308 e. The third-order valence-electron chi connectivity index (χ3n) is 2.83. The van der Waals surface area contributed by atoms with Gasteiger partial charge in [0, 0.05) is 10.7 Å². The van der Waals surface area contributed by atoms with Gasteiger partial charge in [-0.1, -0.05) is 17.7 Å². The van der Waals surface area contributed by atoms with Crippen LogP contribution in [0, 0.1) is 18.6 Å². The third-order valence-corrected chi connectivity index (χ3v) is 3.26. The number of aryl methyl sites for hydroxylation is 1. The summed E-state index contributed by atoms with van der Waals surface area (Å²) in [6, 6.07) is 6.77. The topological polar surface area (TPSA) is 58.2 Å². The highest BCUT2D eigenvalue weighted by Gasteiger charge is 2.19. The fourth-order valence-electron chi connectivity index (χ4n) is 1.77. The van der Waals surface area contributed by atoms with Gasteiger partial charge in [-0.15, -0.1) is 0 Å². The van der Waals surface area contributed by atoms with E-state index in [0.29, 0.717) is 10.7 Å². The Balaban J connectivity index is 2.08. The highest BCUT2D eigenvalue weighted by molar-refractivity contribution is 6.31. The largest absolute Gasteiger partial charge is 0.326 e. The first-order valence-electron chi connectivity index (χ1n) is 6.21. The maximum absolute atomic E-state index is 13.4. The van der Waals surface area contributed by atoms with Crippen molar-refractivity contribution in [1.82, 2.24) is 5.32 Å². The Kier molecular flexibility index (Phi) is 4.72. The van der Waals surface area contributed by atoms with Crippen LogP contribution in [0.4, 0.5) is 19.3 Å². The zero-order valence-electron chi connectivity index (χ0n) is 11.4. The molecular formula is C15H11ClF2N2O2. The Bertz CT molecular complexity index is 730. The molecule has 0 unspecified atom stereocenters. The summed E-state index contributed by atoms with van der Waals surface area (Å²) in [5.74, 6) is -3.26. The van der Waals surface area contributed by atoms with Crippen molar-refractivity contribution in [2.75, 3.05) is 5.32 Å². The summed E-state index contributed by atoms with van der Waals surface area (Å²) in [6.07, 6.45) is 0. The summed E-state index contributed by atoms with van der Waals surface area (Å²) >= 11 is 5.85. The van der Waals surface area contributed by atoms with Crippen LogP contribution in [0.2, 0.25) is 5.02 Å². The molecule has 0 saturated heterocycles. The van der Waals surface area contributed by atoms with E-state index in [1.165, 1.54) is 6.07 Å². The Labute approximate surface area is 130 Å². The molecule has 0 aliphatic rings. The van der Waals surface area contributed by atoms with E-state index in [9.17, 15) is 18.4 Å². The van der Waals surface area contributed by atoms with Gasteiger partial charge in [0.2, 0.25) is 0 Å². The van der Waals surface area contributed by atoms with Crippen LogP contribution in [-0.2, 0) is 0 Å². The molecule has 0 fully saturated rings. The summed E-state index contributed by atoms with van der Waals surface area (Å²) in [7, 11) is 0. The van der Waals surface area contributed by atoms with Crippen LogP contribution in [-0.4, -0.2) is 11.9 Å². The predicted octanol–water partition coefficient (Wildman–Crippen LogP) is 3.89. The van der Waals surface area contributed by atoms with Crippen LogP contribution in [0.5, 0.6) is 0 Å². The van der Waals surface area contributed by atoms with Gasteiger partial charge >= 0.3 is 6.03 Å². The molecule has 0 spiro atoms. The standard InChI is InChI=1S/C15H11ClF2N2O2/c1-8-7-9(5-6-10(8)16)19-15(22)20-14(21)13-11(17)3-2-4-12(13)18/h2-7H,1H3,(H2,19,20,21,22). The zero-order chi connectivity index (χ0) is 16.3. The molecule has 0 heterocycles. The molecule has 2 aromatic rings. The number of nitrogens with one attached hydrogen (secondary N) is 2. The fourth-order valence-corrected chi connectivity index (χ4v) is 1.88. The summed E-state index contributed by atoms with van der Waals surface area (Å²) in [4.78, 5) is 23.4. The van der Waals surface area contributed by atoms with Gasteiger partial charge in [-0.05, 0) is 42.8 Å². The van der Waals surface area contributed by atoms with Gasteiger partial charge in [0.05, 0.1) is 0 Å². The number of anilines is 1. The zero-order valence-corrected chi connectivity index (χ0v) is 12.2. The van der Waals surface area contributed by atoms with E-state index >= 15 is 0 Å². The van der Waals surface area contributed by atoms with Crippen molar-refractivity contribution >= 4 is 29.2 Å². The summed E-state index contributed by atoms with van der Waals surface area (Å²) in [6.45, 7) is 1.74. The monoisotopic (exact) mass is 324 g/mol. The molecule has 7 heteroatoms. The number of amides is 3. The minimum Gasteiger partial charge on any atom is -0.308 e. The maximum Gasteiger partial charge on any atom is 0.326 e. The predicted molar refractivity (Wildman–Crippen MR) is 79.0 cm³/mol. The quantitative estimate of drug-likeness (QED) is 0.880. The molecule has 0 bridgehead atoms. The molecular weight excluding hydrogens is 314 g/mol. The molecule has 0 aromatic heterocycles. The number of carbonyl (C=O) groups excluding carboxylic acids is 2. The van der Waals surface area contributed by atoms with Crippen molar-refractivity contribution in [1.29, 1.82) is 0 Å². The third kappa shape index (κ3) is 3.59. The van der Waals surface area contributed by atoms with Crippen molar-refractivity contribution in [3.8, 4) is 0 Å². The fraction of sp³-hybridized carbons (Fsp3) is 0.0667. The molecule has 2 N–H and O–H groups in total. The molecule has 0 aliphatic heterocycles. The van der Waals surface area contributed by atoms with Gasteiger partial charge < -0.3 is 5.32 Å². The van der Waals surface area contributed by atoms with Crippen LogP contribution >= 0.6 is 11.6 Å². The number of urea groups is 1. The molecule has 2 aromatic carbocycles. The van der Waals surface area contributed by atoms with Crippen LogP contribution in [0.3, 0.4) is 0 Å². The van der Waals surface area contributed by atoms with E-state index in [4.69, 9.17) is 11.6 Å². The number of hydrogen-bond acceptors (Lipinski definition) is 2. The Morgan fingerprint density at radius 1 is 1.09 bits per heavy atom. The summed E-state index contributed by atoms with van der Waals surface area (Å²) < 4.78 is 26.9. The summed E-state index contributed by atoms with van der Waals surface area (Å²) in [5, 5.41) is 4.76. The van der Waals surface area contributed by atoms with Crippen molar-refractivity contribution < 1.29 is 18.4 Å². The van der Waals surface area contributed by atoms with Gasteiger partial charge in [0.25, 0.3) is 5.91 Å². The van der Waals surface area contributed by atoms with Gasteiger partial charge in [-0.2, -0.15) is 0 Å². The SMILES string of the molecule is Cc1cc(NC(=O)NC(=O)c2c(F)cccc2F)ccc1Cl. The summed E-state index contributed by atoms with van der Waals surface area (Å²) in [5.41, 5.74) is 0.303. The molecule has 2 rings (SSSR count). The van der Waals surface area contributed by atoms with Crippen molar-refractivity contribution in [2.45, 2.75) is 6.92 Å². The van der Waals surface area contributed by atoms with Gasteiger partial charge in [0.1, 0.15) is 17.2 Å². The number of halogens is 3. The van der Waals surface area contributed by atoms with E-state index in [1.54, 1.807) is 19.1 Å². The van der Waals surface area contributed by atoms with Crippen LogP contribution in [0.25, 0.3) is 0 Å². The highest BCUT2D eigenvalue weighted by Crippen LogP contribution is 2.19. The minimum absolute atomic E-state index is 0.390. The lowest BCUT2D eigenvalue weighted by molar-refractivity contribution is 0.0959. The molecule has 22 heavy (non-hydrogen) atoms. The first kappa shape index (κ1) is 15.9. The average Bonchev–Trinajstić information content (AvgIpc) is 2.42. The molecule has 4 nitrogen and oxygen atoms in total. The average molecular weight is 325 g/mol. The lowest BCUT2D eigenvalue weighted by atomic mass is 10.2. The van der Waals surface area contributed by atoms with Gasteiger partial charge in [-0.3, -0.25) is 10.1 Å². The van der Waals surface area contributed by atoms with Crippen molar-refractivity contribution in [3.05, 3.63) is 64.2 Å². The molecule has 114 valence electrons. The minimum atomic E-state index is -1.17. The molecule has 3 amide bonds. The lowest BCUT2D eigenvalue weighted by Crippen LogP contribution is -2.35. The van der Waals surface area contributed by atoms with E-state index in [-0.39, 0.29) is 0 Å². The number of benzene rings is 2. The molecule has 0 radical (unpaired) electrons. The molecule has 0 aliphatic carbocycles. The Hall–Kier alpha value is -2.47.